The van der Waals surface area contributed by atoms with E-state index in [4.69, 9.17) is 9.84 Å². The van der Waals surface area contributed by atoms with Crippen molar-refractivity contribution in [3.8, 4) is 0 Å². The van der Waals surface area contributed by atoms with E-state index in [2.05, 4.69) is 0 Å². The first-order chi connectivity index (χ1) is 9.61. The third-order valence-corrected chi connectivity index (χ3v) is 3.30. The molecule has 1 aliphatic heterocycles. The quantitative estimate of drug-likeness (QED) is 0.851. The average molecular weight is 275 g/mol. The van der Waals surface area contributed by atoms with Gasteiger partial charge in [-0.3, -0.25) is 4.79 Å². The number of hydrogen-bond donors (Lipinski definition) is 1. The zero-order valence-electron chi connectivity index (χ0n) is 11.3. The summed E-state index contributed by atoms with van der Waals surface area (Å²) in [6.07, 6.45) is 2.82. The predicted octanol–water partition coefficient (Wildman–Crippen LogP) is 1.80. The molecule has 1 aromatic rings. The van der Waals surface area contributed by atoms with Crippen molar-refractivity contribution in [3.63, 3.8) is 0 Å². The van der Waals surface area contributed by atoms with Crippen molar-refractivity contribution >= 4 is 11.9 Å². The van der Waals surface area contributed by atoms with Gasteiger partial charge in [0.05, 0.1) is 12.2 Å². The Balaban J connectivity index is 2.03. The molecule has 0 radical (unpaired) electrons. The van der Waals surface area contributed by atoms with Crippen LogP contribution in [0.3, 0.4) is 0 Å². The first kappa shape index (κ1) is 14.3. The number of methoxy groups -OCH3 is 1. The highest BCUT2D eigenvalue weighted by molar-refractivity contribution is 5.96. The Hall–Kier alpha value is -2.14. The Kier molecular flexibility index (Phi) is 4.53. The lowest BCUT2D eigenvalue weighted by molar-refractivity contribution is 0.0694. The van der Waals surface area contributed by atoms with Crippen LogP contribution in [0.1, 0.15) is 27.1 Å². The lowest BCUT2D eigenvalue weighted by Gasteiger charge is -2.26. The summed E-state index contributed by atoms with van der Waals surface area (Å²) in [7, 11) is 1.66. The topological polar surface area (TPSA) is 66.8 Å². The molecule has 1 amide bonds. The van der Waals surface area contributed by atoms with Crippen LogP contribution in [0.15, 0.2) is 35.9 Å². The molecule has 0 fully saturated rings. The number of aromatic carboxylic acids is 1. The SMILES string of the molecule is COCC1=CCN(C(=O)c2ccc(C(=O)O)cc2)CC1. The number of amides is 1. The van der Waals surface area contributed by atoms with Gasteiger partial charge in [0.25, 0.3) is 5.91 Å². The zero-order valence-corrected chi connectivity index (χ0v) is 11.3. The van der Waals surface area contributed by atoms with Gasteiger partial charge in [0, 0.05) is 25.8 Å². The van der Waals surface area contributed by atoms with Crippen molar-refractivity contribution < 1.29 is 19.4 Å². The van der Waals surface area contributed by atoms with Gasteiger partial charge < -0.3 is 14.7 Å². The molecule has 20 heavy (non-hydrogen) atoms. The van der Waals surface area contributed by atoms with Crippen molar-refractivity contribution in [2.24, 2.45) is 0 Å². The van der Waals surface area contributed by atoms with Gasteiger partial charge in [-0.15, -0.1) is 0 Å². The van der Waals surface area contributed by atoms with E-state index in [0.29, 0.717) is 25.3 Å². The number of hydrogen-bond acceptors (Lipinski definition) is 3. The molecule has 0 unspecified atom stereocenters. The molecule has 5 nitrogen and oxygen atoms in total. The number of ether oxygens (including phenoxy) is 1. The van der Waals surface area contributed by atoms with Gasteiger partial charge >= 0.3 is 5.97 Å². The maximum absolute atomic E-state index is 12.3. The first-order valence-electron chi connectivity index (χ1n) is 6.41. The van der Waals surface area contributed by atoms with Gasteiger partial charge in [-0.2, -0.15) is 0 Å². The molecule has 1 heterocycles. The Morgan fingerprint density at radius 2 is 1.90 bits per heavy atom. The van der Waals surface area contributed by atoms with Crippen LogP contribution in [0.4, 0.5) is 0 Å². The highest BCUT2D eigenvalue weighted by Crippen LogP contribution is 2.14. The fourth-order valence-corrected chi connectivity index (χ4v) is 2.15. The van der Waals surface area contributed by atoms with Crippen molar-refractivity contribution in [2.45, 2.75) is 6.42 Å². The number of carbonyl (C=O) groups excluding carboxylic acids is 1. The molecule has 0 bridgehead atoms. The summed E-state index contributed by atoms with van der Waals surface area (Å²) in [5.41, 5.74) is 1.90. The third-order valence-electron chi connectivity index (χ3n) is 3.30. The largest absolute Gasteiger partial charge is 0.478 e. The second-order valence-corrected chi connectivity index (χ2v) is 4.68. The van der Waals surface area contributed by atoms with Gasteiger partial charge in [-0.25, -0.2) is 4.79 Å². The van der Waals surface area contributed by atoms with Gasteiger partial charge in [0.1, 0.15) is 0 Å². The molecule has 0 spiro atoms. The number of carboxylic acids is 1. The summed E-state index contributed by atoms with van der Waals surface area (Å²) in [6.45, 7) is 1.84. The van der Waals surface area contributed by atoms with Crippen molar-refractivity contribution in [1.29, 1.82) is 0 Å². The van der Waals surface area contributed by atoms with Crippen LogP contribution in [0.2, 0.25) is 0 Å². The summed E-state index contributed by atoms with van der Waals surface area (Å²) < 4.78 is 5.07. The molecule has 1 aromatic carbocycles. The van der Waals surface area contributed by atoms with Crippen LogP contribution >= 0.6 is 0 Å². The number of carbonyl (C=O) groups is 2. The maximum Gasteiger partial charge on any atom is 0.335 e. The Morgan fingerprint density at radius 1 is 1.25 bits per heavy atom. The molecule has 106 valence electrons. The van der Waals surface area contributed by atoms with E-state index in [1.54, 1.807) is 24.1 Å². The van der Waals surface area contributed by atoms with Crippen LogP contribution in [0.25, 0.3) is 0 Å². The molecule has 2 rings (SSSR count). The Morgan fingerprint density at radius 3 is 2.40 bits per heavy atom. The van der Waals surface area contributed by atoms with Crippen LogP contribution in [0, 0.1) is 0 Å². The van der Waals surface area contributed by atoms with Gasteiger partial charge in [-0.05, 0) is 36.3 Å². The predicted molar refractivity (Wildman–Crippen MR) is 73.9 cm³/mol. The van der Waals surface area contributed by atoms with E-state index in [1.165, 1.54) is 17.7 Å². The van der Waals surface area contributed by atoms with Crippen molar-refractivity contribution in [3.05, 3.63) is 47.0 Å². The number of benzene rings is 1. The Labute approximate surface area is 117 Å². The second-order valence-electron chi connectivity index (χ2n) is 4.68. The minimum Gasteiger partial charge on any atom is -0.478 e. The smallest absolute Gasteiger partial charge is 0.335 e. The highest BCUT2D eigenvalue weighted by atomic mass is 16.5. The summed E-state index contributed by atoms with van der Waals surface area (Å²) >= 11 is 0. The zero-order chi connectivity index (χ0) is 14.5. The Bertz CT molecular complexity index is 533. The van der Waals surface area contributed by atoms with Crippen molar-refractivity contribution in [1.82, 2.24) is 4.90 Å². The lowest BCUT2D eigenvalue weighted by atomic mass is 10.1. The van der Waals surface area contributed by atoms with Crippen LogP contribution in [0.5, 0.6) is 0 Å². The van der Waals surface area contributed by atoms with Gasteiger partial charge in [0.2, 0.25) is 0 Å². The van der Waals surface area contributed by atoms with E-state index >= 15 is 0 Å². The minimum atomic E-state index is -0.992. The monoisotopic (exact) mass is 275 g/mol. The van der Waals surface area contributed by atoms with E-state index in [9.17, 15) is 9.59 Å². The summed E-state index contributed by atoms with van der Waals surface area (Å²) in [4.78, 5) is 24.8. The summed E-state index contributed by atoms with van der Waals surface area (Å²) in [5.74, 6) is -1.07. The number of rotatable bonds is 4. The average Bonchev–Trinajstić information content (AvgIpc) is 2.48. The van der Waals surface area contributed by atoms with E-state index in [1.807, 2.05) is 6.08 Å². The number of carboxylic acid groups (broad SMARTS) is 1. The van der Waals surface area contributed by atoms with E-state index < -0.39 is 5.97 Å². The molecule has 1 aliphatic rings. The molecule has 0 atom stereocenters. The molecule has 0 saturated carbocycles. The third kappa shape index (κ3) is 3.24. The van der Waals surface area contributed by atoms with Crippen LogP contribution < -0.4 is 0 Å². The van der Waals surface area contributed by atoms with E-state index in [-0.39, 0.29) is 11.5 Å². The fourth-order valence-electron chi connectivity index (χ4n) is 2.15. The normalized spacial score (nSPS) is 14.8. The molecule has 5 heteroatoms. The molecule has 1 N–H and O–H groups in total. The standard InChI is InChI=1S/C15H17NO4/c1-20-10-11-6-8-16(9-7-11)14(17)12-2-4-13(5-3-12)15(18)19/h2-6H,7-10H2,1H3,(H,18,19). The number of nitrogens with zero attached hydrogens (tertiary/aromatic N) is 1. The maximum atomic E-state index is 12.3. The second kappa shape index (κ2) is 6.34. The summed E-state index contributed by atoms with van der Waals surface area (Å²) in [6, 6.07) is 6.01. The highest BCUT2D eigenvalue weighted by Gasteiger charge is 2.18. The molecule has 0 aliphatic carbocycles. The van der Waals surface area contributed by atoms with Gasteiger partial charge in [0.15, 0.2) is 0 Å². The van der Waals surface area contributed by atoms with Gasteiger partial charge in [-0.1, -0.05) is 6.08 Å². The fraction of sp³-hybridized carbons (Fsp3) is 0.333. The molecule has 0 aromatic heterocycles. The minimum absolute atomic E-state index is 0.0744. The molecular weight excluding hydrogens is 258 g/mol. The van der Waals surface area contributed by atoms with E-state index in [0.717, 1.165) is 6.42 Å². The first-order valence-corrected chi connectivity index (χ1v) is 6.41. The van der Waals surface area contributed by atoms with Crippen molar-refractivity contribution in [2.75, 3.05) is 26.8 Å². The summed E-state index contributed by atoms with van der Waals surface area (Å²) in [5, 5.41) is 8.83. The van der Waals surface area contributed by atoms with Crippen LogP contribution in [-0.4, -0.2) is 48.7 Å². The molecule has 0 saturated heterocycles. The van der Waals surface area contributed by atoms with Crippen LogP contribution in [-0.2, 0) is 4.74 Å². The lowest BCUT2D eigenvalue weighted by Crippen LogP contribution is -2.35. The molecular formula is C15H17NO4.